The fourth-order valence-corrected chi connectivity index (χ4v) is 0.737. The minimum absolute atomic E-state index is 0.399. The van der Waals surface area contributed by atoms with Gasteiger partial charge < -0.3 is 9.47 Å². The largest absolute Gasteiger partial charge is 0.359 e. The van der Waals surface area contributed by atoms with Crippen LogP contribution in [0, 0.1) is 0 Å². The van der Waals surface area contributed by atoms with Crippen molar-refractivity contribution >= 4 is 7.85 Å². The molecule has 0 aliphatic rings. The Morgan fingerprint density at radius 2 is 1.56 bits per heavy atom. The molecule has 0 aromatic heterocycles. The molecule has 0 saturated heterocycles. The lowest BCUT2D eigenvalue weighted by Gasteiger charge is -2.24. The zero-order valence-corrected chi connectivity index (χ0v) is 6.73. The standard InChI is InChI=1S/C6H15BO2/c1-4-8-6(3,7)9-5-2/h4-5,7H2,1-3H3. The Kier molecular flexibility index (Phi) is 3.90. The van der Waals surface area contributed by atoms with Gasteiger partial charge in [-0.15, -0.1) is 0 Å². The van der Waals surface area contributed by atoms with Crippen LogP contribution in [-0.4, -0.2) is 26.7 Å². The molecule has 0 amide bonds. The quantitative estimate of drug-likeness (QED) is 0.404. The highest BCUT2D eigenvalue weighted by Crippen LogP contribution is 2.05. The predicted molar refractivity (Wildman–Crippen MR) is 40.2 cm³/mol. The second-order valence-electron chi connectivity index (χ2n) is 2.27. The molecule has 0 aromatic carbocycles. The fraction of sp³-hybridized carbons (Fsp3) is 1.00. The molecule has 3 heteroatoms. The van der Waals surface area contributed by atoms with Crippen LogP contribution in [0.3, 0.4) is 0 Å². The van der Waals surface area contributed by atoms with Gasteiger partial charge in [-0.1, -0.05) is 0 Å². The maximum Gasteiger partial charge on any atom is 0.178 e. The molecule has 0 radical (unpaired) electrons. The van der Waals surface area contributed by atoms with Crippen molar-refractivity contribution in [3.05, 3.63) is 0 Å². The summed E-state index contributed by atoms with van der Waals surface area (Å²) in [6.07, 6.45) is 0. The van der Waals surface area contributed by atoms with Crippen LogP contribution in [0.15, 0.2) is 0 Å². The summed E-state index contributed by atoms with van der Waals surface area (Å²) < 4.78 is 10.5. The summed E-state index contributed by atoms with van der Waals surface area (Å²) in [6, 6.07) is 0. The molecule has 0 bridgehead atoms. The van der Waals surface area contributed by atoms with Crippen molar-refractivity contribution in [1.82, 2.24) is 0 Å². The van der Waals surface area contributed by atoms with Crippen LogP contribution in [0.5, 0.6) is 0 Å². The van der Waals surface area contributed by atoms with Gasteiger partial charge in [0.15, 0.2) is 7.85 Å². The van der Waals surface area contributed by atoms with Crippen molar-refractivity contribution in [2.45, 2.75) is 26.5 Å². The van der Waals surface area contributed by atoms with Gasteiger partial charge in [-0.05, 0) is 20.8 Å². The van der Waals surface area contributed by atoms with Gasteiger partial charge in [-0.3, -0.25) is 0 Å². The van der Waals surface area contributed by atoms with E-state index in [0.717, 1.165) is 0 Å². The smallest absolute Gasteiger partial charge is 0.178 e. The van der Waals surface area contributed by atoms with E-state index >= 15 is 0 Å². The molecule has 2 nitrogen and oxygen atoms in total. The number of hydrogen-bond acceptors (Lipinski definition) is 2. The van der Waals surface area contributed by atoms with Crippen LogP contribution in [0.25, 0.3) is 0 Å². The van der Waals surface area contributed by atoms with Crippen LogP contribution in [0.4, 0.5) is 0 Å². The third kappa shape index (κ3) is 4.49. The van der Waals surface area contributed by atoms with Crippen LogP contribution < -0.4 is 0 Å². The summed E-state index contributed by atoms with van der Waals surface area (Å²) >= 11 is 0. The highest BCUT2D eigenvalue weighted by atomic mass is 16.7. The molecule has 0 aromatic rings. The van der Waals surface area contributed by atoms with Crippen molar-refractivity contribution in [1.29, 1.82) is 0 Å². The summed E-state index contributed by atoms with van der Waals surface area (Å²) in [7, 11) is 1.92. The topological polar surface area (TPSA) is 18.5 Å². The van der Waals surface area contributed by atoms with E-state index < -0.39 is 5.69 Å². The second-order valence-corrected chi connectivity index (χ2v) is 2.27. The molecule has 0 aliphatic carbocycles. The Morgan fingerprint density at radius 3 is 1.78 bits per heavy atom. The summed E-state index contributed by atoms with van der Waals surface area (Å²) in [5.41, 5.74) is -0.399. The van der Waals surface area contributed by atoms with E-state index in [9.17, 15) is 0 Å². The van der Waals surface area contributed by atoms with Gasteiger partial charge in [0, 0.05) is 13.2 Å². The van der Waals surface area contributed by atoms with Crippen molar-refractivity contribution in [3.8, 4) is 0 Å². The zero-order chi connectivity index (χ0) is 7.33. The number of hydrogen-bond donors (Lipinski definition) is 0. The van der Waals surface area contributed by atoms with E-state index in [4.69, 9.17) is 9.47 Å². The Labute approximate surface area is 57.9 Å². The molecule has 0 fully saturated rings. The summed E-state index contributed by atoms with van der Waals surface area (Å²) in [6.45, 7) is 7.24. The van der Waals surface area contributed by atoms with Crippen molar-refractivity contribution in [2.24, 2.45) is 0 Å². The zero-order valence-electron chi connectivity index (χ0n) is 6.73. The molecule has 0 unspecified atom stereocenters. The molecule has 0 aliphatic heterocycles. The molecule has 0 atom stereocenters. The van der Waals surface area contributed by atoms with E-state index in [1.807, 2.05) is 28.6 Å². The second kappa shape index (κ2) is 3.91. The highest BCUT2D eigenvalue weighted by molar-refractivity contribution is 6.13. The lowest BCUT2D eigenvalue weighted by molar-refractivity contribution is -0.160. The lowest BCUT2D eigenvalue weighted by Crippen LogP contribution is -2.32. The molecular formula is C6H15BO2. The molecule has 0 N–H and O–H groups in total. The predicted octanol–water partition coefficient (Wildman–Crippen LogP) is 0.366. The van der Waals surface area contributed by atoms with Gasteiger partial charge in [-0.2, -0.15) is 0 Å². The Morgan fingerprint density at radius 1 is 1.22 bits per heavy atom. The lowest BCUT2D eigenvalue weighted by atomic mass is 9.97. The molecule has 54 valence electrons. The first kappa shape index (κ1) is 8.98. The van der Waals surface area contributed by atoms with Crippen molar-refractivity contribution < 1.29 is 9.47 Å². The van der Waals surface area contributed by atoms with Crippen LogP contribution >= 0.6 is 0 Å². The van der Waals surface area contributed by atoms with E-state index in [1.54, 1.807) is 0 Å². The van der Waals surface area contributed by atoms with E-state index in [2.05, 4.69) is 0 Å². The Balaban J connectivity index is 3.43. The summed E-state index contributed by atoms with van der Waals surface area (Å²) in [5, 5.41) is 0. The van der Waals surface area contributed by atoms with Gasteiger partial charge in [0.05, 0.1) is 0 Å². The molecule has 0 rings (SSSR count). The maximum absolute atomic E-state index is 5.25. The van der Waals surface area contributed by atoms with Gasteiger partial charge in [0.2, 0.25) is 0 Å². The average Bonchev–Trinajstić information content (AvgIpc) is 1.64. The third-order valence-electron chi connectivity index (χ3n) is 0.984. The average molecular weight is 130 g/mol. The van der Waals surface area contributed by atoms with Crippen molar-refractivity contribution in [3.63, 3.8) is 0 Å². The molecule has 0 saturated carbocycles. The van der Waals surface area contributed by atoms with Gasteiger partial charge in [0.25, 0.3) is 0 Å². The highest BCUT2D eigenvalue weighted by Gasteiger charge is 2.15. The fourth-order valence-electron chi connectivity index (χ4n) is 0.737. The van der Waals surface area contributed by atoms with Gasteiger partial charge >= 0.3 is 0 Å². The summed E-state index contributed by atoms with van der Waals surface area (Å²) in [4.78, 5) is 0. The van der Waals surface area contributed by atoms with E-state index in [1.165, 1.54) is 0 Å². The minimum Gasteiger partial charge on any atom is -0.359 e. The third-order valence-corrected chi connectivity index (χ3v) is 0.984. The van der Waals surface area contributed by atoms with Crippen LogP contribution in [-0.2, 0) is 9.47 Å². The molecular weight excluding hydrogens is 115 g/mol. The first-order chi connectivity index (χ1) is 4.12. The Bertz CT molecular complexity index is 65.5. The summed E-state index contributed by atoms with van der Waals surface area (Å²) in [5.74, 6) is 0. The van der Waals surface area contributed by atoms with Crippen molar-refractivity contribution in [2.75, 3.05) is 13.2 Å². The number of ether oxygens (including phenoxy) is 2. The monoisotopic (exact) mass is 130 g/mol. The maximum atomic E-state index is 5.25. The molecule has 9 heavy (non-hydrogen) atoms. The first-order valence-electron chi connectivity index (χ1n) is 3.40. The normalized spacial score (nSPS) is 11.9. The first-order valence-corrected chi connectivity index (χ1v) is 3.40. The van der Waals surface area contributed by atoms with E-state index in [-0.39, 0.29) is 0 Å². The van der Waals surface area contributed by atoms with Crippen LogP contribution in [0.1, 0.15) is 20.8 Å². The SMILES string of the molecule is BC(C)(OCC)OCC. The molecule has 0 spiro atoms. The van der Waals surface area contributed by atoms with E-state index in [0.29, 0.717) is 13.2 Å². The number of rotatable bonds is 4. The minimum atomic E-state index is -0.399. The van der Waals surface area contributed by atoms with Crippen LogP contribution in [0.2, 0.25) is 0 Å². The van der Waals surface area contributed by atoms with Gasteiger partial charge in [-0.25, -0.2) is 0 Å². The molecule has 0 heterocycles. The Hall–Kier alpha value is -0.0151. The van der Waals surface area contributed by atoms with Gasteiger partial charge in [0.1, 0.15) is 5.69 Å².